The summed E-state index contributed by atoms with van der Waals surface area (Å²) in [5.74, 6) is -0.0505. The summed E-state index contributed by atoms with van der Waals surface area (Å²) in [5.41, 5.74) is 0.866. The first-order chi connectivity index (χ1) is 9.15. The predicted molar refractivity (Wildman–Crippen MR) is 71.3 cm³/mol. The lowest BCUT2D eigenvalue weighted by Gasteiger charge is -2.14. The van der Waals surface area contributed by atoms with Crippen molar-refractivity contribution in [1.82, 2.24) is 4.98 Å². The van der Waals surface area contributed by atoms with Crippen LogP contribution in [0.4, 0.5) is 5.69 Å². The molecule has 5 nitrogen and oxygen atoms in total. The zero-order valence-electron chi connectivity index (χ0n) is 10.7. The highest BCUT2D eigenvalue weighted by Crippen LogP contribution is 2.12. The number of hydrogen-bond donors (Lipinski definition) is 2. The minimum absolute atomic E-state index is 0.0498. The zero-order chi connectivity index (χ0) is 13.7. The molecule has 0 amide bonds. The van der Waals surface area contributed by atoms with E-state index >= 15 is 0 Å². The summed E-state index contributed by atoms with van der Waals surface area (Å²) in [5, 5.41) is 12.0. The minimum atomic E-state index is -1.02. The molecular weight excluding hydrogens is 244 g/mol. The van der Waals surface area contributed by atoms with E-state index in [9.17, 15) is 4.79 Å². The van der Waals surface area contributed by atoms with Gasteiger partial charge in [0.2, 0.25) is 0 Å². The standard InChI is InChI=1S/C14H16N2O3/c1-10(4-6-12-3-2-8-19-12)16-11-5-7-13(14(17)18)15-9-11/h2-3,5,7-10,16H,4,6H2,1H3,(H,17,18). The van der Waals surface area contributed by atoms with E-state index in [1.54, 1.807) is 12.3 Å². The van der Waals surface area contributed by atoms with E-state index in [0.717, 1.165) is 24.3 Å². The van der Waals surface area contributed by atoms with Gasteiger partial charge in [-0.1, -0.05) is 0 Å². The van der Waals surface area contributed by atoms with Gasteiger partial charge in [-0.2, -0.15) is 0 Å². The lowest BCUT2D eigenvalue weighted by Crippen LogP contribution is -2.16. The molecule has 0 spiro atoms. The number of pyridine rings is 1. The van der Waals surface area contributed by atoms with Crippen molar-refractivity contribution in [2.24, 2.45) is 0 Å². The molecule has 5 heteroatoms. The van der Waals surface area contributed by atoms with Gasteiger partial charge in [0, 0.05) is 12.5 Å². The topological polar surface area (TPSA) is 75.4 Å². The van der Waals surface area contributed by atoms with Crippen molar-refractivity contribution in [2.45, 2.75) is 25.8 Å². The molecule has 0 bridgehead atoms. The third kappa shape index (κ3) is 3.84. The average molecular weight is 260 g/mol. The van der Waals surface area contributed by atoms with Crippen molar-refractivity contribution in [1.29, 1.82) is 0 Å². The number of aryl methyl sites for hydroxylation is 1. The van der Waals surface area contributed by atoms with Gasteiger partial charge in [0.15, 0.2) is 0 Å². The maximum absolute atomic E-state index is 10.7. The van der Waals surface area contributed by atoms with Crippen molar-refractivity contribution in [3.05, 3.63) is 48.2 Å². The molecule has 0 aliphatic rings. The Balaban J connectivity index is 1.84. The van der Waals surface area contributed by atoms with Crippen molar-refractivity contribution < 1.29 is 14.3 Å². The van der Waals surface area contributed by atoms with Gasteiger partial charge in [0.05, 0.1) is 18.1 Å². The number of aromatic carboxylic acids is 1. The van der Waals surface area contributed by atoms with Gasteiger partial charge in [-0.25, -0.2) is 9.78 Å². The van der Waals surface area contributed by atoms with Crippen LogP contribution in [0.1, 0.15) is 29.6 Å². The first kappa shape index (κ1) is 13.1. The van der Waals surface area contributed by atoms with Crippen LogP contribution in [0, 0.1) is 0 Å². The van der Waals surface area contributed by atoms with Gasteiger partial charge in [0.25, 0.3) is 0 Å². The first-order valence-electron chi connectivity index (χ1n) is 6.13. The maximum atomic E-state index is 10.7. The molecular formula is C14H16N2O3. The highest BCUT2D eigenvalue weighted by Gasteiger charge is 2.06. The molecule has 0 saturated heterocycles. The highest BCUT2D eigenvalue weighted by molar-refractivity contribution is 5.85. The quantitative estimate of drug-likeness (QED) is 0.835. The minimum Gasteiger partial charge on any atom is -0.477 e. The Morgan fingerprint density at radius 1 is 1.47 bits per heavy atom. The number of rotatable bonds is 6. The summed E-state index contributed by atoms with van der Waals surface area (Å²) in [4.78, 5) is 14.5. The van der Waals surface area contributed by atoms with E-state index in [1.165, 1.54) is 12.3 Å². The Bertz CT molecular complexity index is 520. The number of carbonyl (C=O) groups is 1. The van der Waals surface area contributed by atoms with E-state index in [2.05, 4.69) is 17.2 Å². The van der Waals surface area contributed by atoms with Crippen LogP contribution < -0.4 is 5.32 Å². The maximum Gasteiger partial charge on any atom is 0.354 e. The van der Waals surface area contributed by atoms with Gasteiger partial charge in [0.1, 0.15) is 11.5 Å². The number of hydrogen-bond acceptors (Lipinski definition) is 4. The Kier molecular flexibility index (Phi) is 4.18. The largest absolute Gasteiger partial charge is 0.477 e. The Labute approximate surface area is 111 Å². The molecule has 0 radical (unpaired) electrons. The highest BCUT2D eigenvalue weighted by atomic mass is 16.4. The van der Waals surface area contributed by atoms with Gasteiger partial charge in [-0.3, -0.25) is 0 Å². The van der Waals surface area contributed by atoms with Crippen LogP contribution in [0.3, 0.4) is 0 Å². The molecule has 0 aromatic carbocycles. The summed E-state index contributed by atoms with van der Waals surface area (Å²) in [7, 11) is 0. The molecule has 0 aliphatic heterocycles. The number of nitrogens with zero attached hydrogens (tertiary/aromatic N) is 1. The summed E-state index contributed by atoms with van der Waals surface area (Å²) in [6, 6.07) is 7.30. The second-order valence-corrected chi connectivity index (χ2v) is 4.40. The average Bonchev–Trinajstić information content (AvgIpc) is 2.90. The normalized spacial score (nSPS) is 12.1. The van der Waals surface area contributed by atoms with Gasteiger partial charge in [-0.15, -0.1) is 0 Å². The smallest absolute Gasteiger partial charge is 0.354 e. The number of furan rings is 1. The third-order valence-electron chi connectivity index (χ3n) is 2.80. The van der Waals surface area contributed by atoms with Crippen molar-refractivity contribution in [3.8, 4) is 0 Å². The van der Waals surface area contributed by atoms with Crippen molar-refractivity contribution >= 4 is 11.7 Å². The molecule has 2 heterocycles. The van der Waals surface area contributed by atoms with Gasteiger partial charge >= 0.3 is 5.97 Å². The van der Waals surface area contributed by atoms with E-state index in [0.29, 0.717) is 0 Å². The fourth-order valence-corrected chi connectivity index (χ4v) is 1.78. The van der Waals surface area contributed by atoms with E-state index < -0.39 is 5.97 Å². The Hall–Kier alpha value is -2.30. The second-order valence-electron chi connectivity index (χ2n) is 4.40. The molecule has 2 rings (SSSR count). The van der Waals surface area contributed by atoms with E-state index in [4.69, 9.17) is 9.52 Å². The molecule has 1 atom stereocenters. The number of anilines is 1. The molecule has 100 valence electrons. The van der Waals surface area contributed by atoms with Crippen LogP contribution in [-0.2, 0) is 6.42 Å². The Morgan fingerprint density at radius 2 is 2.32 bits per heavy atom. The third-order valence-corrected chi connectivity index (χ3v) is 2.80. The molecule has 0 fully saturated rings. The molecule has 19 heavy (non-hydrogen) atoms. The van der Waals surface area contributed by atoms with Gasteiger partial charge < -0.3 is 14.8 Å². The fourth-order valence-electron chi connectivity index (χ4n) is 1.78. The summed E-state index contributed by atoms with van der Waals surface area (Å²) in [6.07, 6.45) is 4.99. The number of carboxylic acids is 1. The SMILES string of the molecule is CC(CCc1ccco1)Nc1ccc(C(=O)O)nc1. The summed E-state index contributed by atoms with van der Waals surface area (Å²) >= 11 is 0. The monoisotopic (exact) mass is 260 g/mol. The van der Waals surface area contributed by atoms with Crippen molar-refractivity contribution in [2.75, 3.05) is 5.32 Å². The lowest BCUT2D eigenvalue weighted by molar-refractivity contribution is 0.0690. The summed E-state index contributed by atoms with van der Waals surface area (Å²) < 4.78 is 5.27. The number of aromatic nitrogens is 1. The van der Waals surface area contributed by atoms with Gasteiger partial charge in [-0.05, 0) is 37.6 Å². The van der Waals surface area contributed by atoms with Crippen LogP contribution in [-0.4, -0.2) is 22.1 Å². The van der Waals surface area contributed by atoms with E-state index in [-0.39, 0.29) is 11.7 Å². The molecule has 0 aliphatic carbocycles. The Morgan fingerprint density at radius 3 is 2.89 bits per heavy atom. The lowest BCUT2D eigenvalue weighted by atomic mass is 10.1. The molecule has 2 N–H and O–H groups in total. The number of carboxylic acid groups (broad SMARTS) is 1. The first-order valence-corrected chi connectivity index (χ1v) is 6.13. The second kappa shape index (κ2) is 6.04. The fraction of sp³-hybridized carbons (Fsp3) is 0.286. The summed E-state index contributed by atoms with van der Waals surface area (Å²) in [6.45, 7) is 2.06. The van der Waals surface area contributed by atoms with Crippen LogP contribution in [0.5, 0.6) is 0 Å². The molecule has 0 saturated carbocycles. The molecule has 1 unspecified atom stereocenters. The van der Waals surface area contributed by atoms with Crippen molar-refractivity contribution in [3.63, 3.8) is 0 Å². The molecule has 2 aromatic heterocycles. The molecule has 2 aromatic rings. The van der Waals surface area contributed by atoms with Crippen LogP contribution in [0.25, 0.3) is 0 Å². The van der Waals surface area contributed by atoms with Crippen LogP contribution >= 0.6 is 0 Å². The zero-order valence-corrected chi connectivity index (χ0v) is 10.7. The van der Waals surface area contributed by atoms with E-state index in [1.807, 2.05) is 12.1 Å². The number of nitrogens with one attached hydrogen (secondary N) is 1. The van der Waals surface area contributed by atoms with Crippen LogP contribution in [0.15, 0.2) is 41.1 Å². The van der Waals surface area contributed by atoms with Crippen LogP contribution in [0.2, 0.25) is 0 Å². The predicted octanol–water partition coefficient (Wildman–Crippen LogP) is 2.81.